The van der Waals surface area contributed by atoms with E-state index in [4.69, 9.17) is 0 Å². The molecule has 0 fully saturated rings. The summed E-state index contributed by atoms with van der Waals surface area (Å²) in [6, 6.07) is 0. The van der Waals surface area contributed by atoms with Gasteiger partial charge in [0.05, 0.1) is 0 Å². The molecule has 0 aromatic rings. The molecule has 0 aliphatic carbocycles. The molecule has 0 atom stereocenters. The van der Waals surface area contributed by atoms with E-state index < -0.39 is 14.7 Å². The van der Waals surface area contributed by atoms with Gasteiger partial charge in [-0.1, -0.05) is 0 Å². The Morgan fingerprint density at radius 3 is 1.00 bits per heavy atom. The van der Waals surface area contributed by atoms with E-state index in [2.05, 4.69) is 17.1 Å². The van der Waals surface area contributed by atoms with Gasteiger partial charge >= 0.3 is 31.8 Å². The minimum atomic E-state index is -0.479. The van der Waals surface area contributed by atoms with E-state index in [1.807, 2.05) is 0 Å². The predicted molar refractivity (Wildman–Crippen MR) is 26.1 cm³/mol. The Bertz CT molecular complexity index is 8.00. The van der Waals surface area contributed by atoms with Crippen LogP contribution in [0.1, 0.15) is 0 Å². The maximum absolute atomic E-state index is 2.35. The van der Waals surface area contributed by atoms with E-state index in [1.54, 1.807) is 0 Å². The molecule has 1 heteroatoms. The first-order chi connectivity index (χ1) is 1.73. The van der Waals surface area contributed by atoms with Crippen LogP contribution in [0.25, 0.3) is 0 Å². The summed E-state index contributed by atoms with van der Waals surface area (Å²) in [7, 11) is 0. The Morgan fingerprint density at radius 1 is 1.00 bits per heavy atom. The molecule has 0 amide bonds. The van der Waals surface area contributed by atoms with Crippen LogP contribution in [-0.2, 0) is 0 Å². The van der Waals surface area contributed by atoms with Crippen molar-refractivity contribution in [3.05, 3.63) is 0 Å². The zero-order valence-corrected chi connectivity index (χ0v) is 6.00. The SMILES string of the molecule is C[AsH2](C)C. The van der Waals surface area contributed by atoms with Crippen molar-refractivity contribution in [2.75, 3.05) is 0 Å². The standard InChI is InChI=1S/C3H11As/c1-4(2)3/h4H2,1-3H3. The summed E-state index contributed by atoms with van der Waals surface area (Å²) in [6.45, 7) is 0. The van der Waals surface area contributed by atoms with Gasteiger partial charge in [0.15, 0.2) is 0 Å². The maximum atomic E-state index is 2.35. The Labute approximate surface area is 32.5 Å². The van der Waals surface area contributed by atoms with Crippen LogP contribution in [0.15, 0.2) is 0 Å². The van der Waals surface area contributed by atoms with Gasteiger partial charge in [0, 0.05) is 0 Å². The summed E-state index contributed by atoms with van der Waals surface area (Å²) >= 11 is -0.479. The second kappa shape index (κ2) is 1.84. The molecule has 0 saturated heterocycles. The van der Waals surface area contributed by atoms with Crippen LogP contribution in [0.4, 0.5) is 0 Å². The molecule has 0 aromatic heterocycles. The van der Waals surface area contributed by atoms with Crippen LogP contribution in [0.3, 0.4) is 0 Å². The van der Waals surface area contributed by atoms with E-state index in [0.29, 0.717) is 0 Å². The fourth-order valence-corrected chi connectivity index (χ4v) is 0. The third-order valence-corrected chi connectivity index (χ3v) is 0. The number of hydrogen-bond acceptors (Lipinski definition) is 0. The van der Waals surface area contributed by atoms with E-state index in [0.717, 1.165) is 0 Å². The second-order valence-corrected chi connectivity index (χ2v) is 9.00. The molecule has 0 N–H and O–H groups in total. The van der Waals surface area contributed by atoms with Crippen molar-refractivity contribution < 1.29 is 0 Å². The van der Waals surface area contributed by atoms with Crippen molar-refractivity contribution in [2.45, 2.75) is 17.1 Å². The Kier molecular flexibility index (Phi) is 2.10. The van der Waals surface area contributed by atoms with Gasteiger partial charge in [-0.2, -0.15) is 0 Å². The molecule has 0 unspecified atom stereocenters. The zero-order valence-electron chi connectivity index (χ0n) is 3.58. The predicted octanol–water partition coefficient (Wildman–Crippen LogP) is 0.835. The zero-order chi connectivity index (χ0) is 3.58. The van der Waals surface area contributed by atoms with Crippen LogP contribution in [-0.4, -0.2) is 14.7 Å². The Morgan fingerprint density at radius 2 is 1.00 bits per heavy atom. The van der Waals surface area contributed by atoms with E-state index in [-0.39, 0.29) is 0 Å². The van der Waals surface area contributed by atoms with Crippen LogP contribution >= 0.6 is 0 Å². The second-order valence-electron chi connectivity index (χ2n) is 1.73. The van der Waals surface area contributed by atoms with E-state index >= 15 is 0 Å². The Balaban J connectivity index is 2.32. The third kappa shape index (κ3) is 19.9. The van der Waals surface area contributed by atoms with Crippen molar-refractivity contribution in [1.29, 1.82) is 0 Å². The van der Waals surface area contributed by atoms with Gasteiger partial charge in [-0.05, 0) is 0 Å². The first kappa shape index (κ1) is 4.56. The van der Waals surface area contributed by atoms with Gasteiger partial charge in [0.2, 0.25) is 0 Å². The minimum absolute atomic E-state index is 0.479. The molecule has 0 aromatic carbocycles. The van der Waals surface area contributed by atoms with Crippen LogP contribution in [0.2, 0.25) is 17.1 Å². The van der Waals surface area contributed by atoms with Crippen molar-refractivity contribution in [3.8, 4) is 0 Å². The third-order valence-electron chi connectivity index (χ3n) is 0. The Hall–Kier alpha value is 0.558. The van der Waals surface area contributed by atoms with Gasteiger partial charge in [-0.25, -0.2) is 0 Å². The quantitative estimate of drug-likeness (QED) is 0.417. The van der Waals surface area contributed by atoms with Gasteiger partial charge < -0.3 is 0 Å². The average Bonchev–Trinajstić information content (AvgIpc) is 0.811. The summed E-state index contributed by atoms with van der Waals surface area (Å²) in [6.07, 6.45) is 0. The molecular formula is C3H11As. The molecule has 0 nitrogen and oxygen atoms in total. The average molecular weight is 122 g/mol. The molecular weight excluding hydrogens is 111 g/mol. The van der Waals surface area contributed by atoms with E-state index in [1.165, 1.54) is 0 Å². The van der Waals surface area contributed by atoms with Crippen LogP contribution < -0.4 is 0 Å². The fraction of sp³-hybridized carbons (Fsp3) is 1.00. The molecule has 0 bridgehead atoms. The summed E-state index contributed by atoms with van der Waals surface area (Å²) in [5.74, 6) is 0. The van der Waals surface area contributed by atoms with E-state index in [9.17, 15) is 0 Å². The van der Waals surface area contributed by atoms with Crippen molar-refractivity contribution >= 4 is 14.7 Å². The monoisotopic (exact) mass is 122 g/mol. The summed E-state index contributed by atoms with van der Waals surface area (Å²) < 4.78 is 0. The topological polar surface area (TPSA) is 0 Å². The van der Waals surface area contributed by atoms with Crippen molar-refractivity contribution in [3.63, 3.8) is 0 Å². The van der Waals surface area contributed by atoms with Gasteiger partial charge in [0.25, 0.3) is 0 Å². The first-order valence-electron chi connectivity index (χ1n) is 1.73. The first-order valence-corrected chi connectivity index (χ1v) is 9.00. The summed E-state index contributed by atoms with van der Waals surface area (Å²) in [5.41, 5.74) is 7.06. The molecule has 28 valence electrons. The molecule has 0 radical (unpaired) electrons. The van der Waals surface area contributed by atoms with Crippen molar-refractivity contribution in [2.24, 2.45) is 0 Å². The summed E-state index contributed by atoms with van der Waals surface area (Å²) in [5, 5.41) is 0. The summed E-state index contributed by atoms with van der Waals surface area (Å²) in [4.78, 5) is 0. The van der Waals surface area contributed by atoms with Gasteiger partial charge in [0.1, 0.15) is 0 Å². The molecule has 0 rings (SSSR count). The van der Waals surface area contributed by atoms with Crippen LogP contribution in [0.5, 0.6) is 0 Å². The molecule has 0 aliphatic rings. The number of rotatable bonds is 0. The van der Waals surface area contributed by atoms with Crippen molar-refractivity contribution in [1.82, 2.24) is 0 Å². The van der Waals surface area contributed by atoms with Gasteiger partial charge in [-0.15, -0.1) is 0 Å². The molecule has 0 heterocycles. The molecule has 0 saturated carbocycles. The normalized spacial score (nSPS) is 11.2. The van der Waals surface area contributed by atoms with Gasteiger partial charge in [-0.3, -0.25) is 0 Å². The number of hydrogen-bond donors (Lipinski definition) is 0. The molecule has 4 heavy (non-hydrogen) atoms. The molecule has 0 aliphatic heterocycles. The molecule has 0 spiro atoms. The fourth-order valence-electron chi connectivity index (χ4n) is 0. The van der Waals surface area contributed by atoms with Crippen LogP contribution in [0, 0.1) is 0 Å².